The molecule has 0 amide bonds. The number of rotatable bonds is 2. The summed E-state index contributed by atoms with van der Waals surface area (Å²) in [6.07, 6.45) is 0. The quantitative estimate of drug-likeness (QED) is 0.517. The third kappa shape index (κ3) is 2.11. The van der Waals surface area contributed by atoms with Crippen LogP contribution in [0.1, 0.15) is 0 Å². The molecule has 0 atom stereocenters. The Labute approximate surface area is 107 Å². The summed E-state index contributed by atoms with van der Waals surface area (Å²) < 4.78 is 0. The first-order valence-electron chi connectivity index (χ1n) is 5.58. The molecule has 0 fully saturated rings. The van der Waals surface area contributed by atoms with Crippen LogP contribution in [0, 0.1) is 10.1 Å². The summed E-state index contributed by atoms with van der Waals surface area (Å²) in [6, 6.07) is 13.7. The average Bonchev–Trinajstić information content (AvgIpc) is 2.47. The van der Waals surface area contributed by atoms with Crippen molar-refractivity contribution in [2.75, 3.05) is 0 Å². The van der Waals surface area contributed by atoms with E-state index in [4.69, 9.17) is 0 Å². The van der Waals surface area contributed by atoms with Gasteiger partial charge in [-0.25, -0.2) is 4.98 Å². The number of non-ortho nitro benzene ring substituents is 1. The zero-order chi connectivity index (χ0) is 13.2. The monoisotopic (exact) mass is 252 g/mol. The average molecular weight is 252 g/mol. The Morgan fingerprint density at radius 3 is 2.47 bits per heavy atom. The maximum absolute atomic E-state index is 10.7. The molecule has 0 aliphatic heterocycles. The third-order valence-electron chi connectivity index (χ3n) is 2.68. The lowest BCUT2D eigenvalue weighted by Gasteiger charge is -2.00. The highest BCUT2D eigenvalue weighted by atomic mass is 16.6. The number of benzene rings is 2. The summed E-state index contributed by atoms with van der Waals surface area (Å²) in [4.78, 5) is 14.6. The zero-order valence-corrected chi connectivity index (χ0v) is 9.72. The van der Waals surface area contributed by atoms with Crippen LogP contribution in [0.5, 0.6) is 0 Å². The number of hydrogen-bond donors (Lipinski definition) is 0. The summed E-state index contributed by atoms with van der Waals surface area (Å²) in [5.74, 6) is 0.452. The Morgan fingerprint density at radius 1 is 0.947 bits per heavy atom. The van der Waals surface area contributed by atoms with E-state index in [0.717, 1.165) is 5.56 Å². The number of nitro benzene ring substituents is 1. The molecule has 1 heterocycles. The second kappa shape index (κ2) is 4.41. The van der Waals surface area contributed by atoms with Crippen LogP contribution in [-0.2, 0) is 0 Å². The first-order chi connectivity index (χ1) is 9.24. The molecular formula is C13H8N4O2. The molecule has 0 unspecified atom stereocenters. The molecule has 6 nitrogen and oxygen atoms in total. The van der Waals surface area contributed by atoms with Gasteiger partial charge in [0.1, 0.15) is 5.52 Å². The molecule has 0 aliphatic carbocycles. The van der Waals surface area contributed by atoms with E-state index in [1.165, 1.54) is 12.1 Å². The summed E-state index contributed by atoms with van der Waals surface area (Å²) in [6.45, 7) is 0. The first-order valence-corrected chi connectivity index (χ1v) is 5.58. The predicted molar refractivity (Wildman–Crippen MR) is 69.4 cm³/mol. The Morgan fingerprint density at radius 2 is 1.74 bits per heavy atom. The molecule has 19 heavy (non-hydrogen) atoms. The number of nitrogens with zero attached hydrogens (tertiary/aromatic N) is 4. The Hall–Kier alpha value is -2.89. The fourth-order valence-electron chi connectivity index (χ4n) is 1.75. The van der Waals surface area contributed by atoms with Crippen molar-refractivity contribution >= 4 is 16.7 Å². The van der Waals surface area contributed by atoms with Gasteiger partial charge in [0.25, 0.3) is 5.69 Å². The van der Waals surface area contributed by atoms with Crippen molar-refractivity contribution in [2.45, 2.75) is 0 Å². The van der Waals surface area contributed by atoms with Gasteiger partial charge in [0.05, 0.1) is 10.4 Å². The summed E-state index contributed by atoms with van der Waals surface area (Å²) in [5.41, 5.74) is 1.81. The van der Waals surface area contributed by atoms with Gasteiger partial charge < -0.3 is 0 Å². The van der Waals surface area contributed by atoms with E-state index in [-0.39, 0.29) is 5.69 Å². The maximum atomic E-state index is 10.7. The third-order valence-corrected chi connectivity index (χ3v) is 2.68. The molecule has 0 bridgehead atoms. The second-order valence-corrected chi connectivity index (χ2v) is 3.93. The van der Waals surface area contributed by atoms with E-state index >= 15 is 0 Å². The summed E-state index contributed by atoms with van der Waals surface area (Å²) in [7, 11) is 0. The Balaban J connectivity index is 2.16. The standard InChI is InChI=1S/C13H8N4O2/c18-17(19)10-6-7-11-12(8-10)14-13(16-15-11)9-4-2-1-3-5-9/h1-8H. The SMILES string of the molecule is O=[N+]([O-])c1ccc2nnc(-c3ccccc3)nc2c1. The number of hydrogen-bond acceptors (Lipinski definition) is 5. The van der Waals surface area contributed by atoms with E-state index < -0.39 is 4.92 Å². The van der Waals surface area contributed by atoms with Crippen molar-refractivity contribution in [1.82, 2.24) is 15.2 Å². The van der Waals surface area contributed by atoms with Crippen molar-refractivity contribution < 1.29 is 4.92 Å². The molecule has 1 aromatic heterocycles. The molecule has 0 saturated heterocycles. The number of fused-ring (bicyclic) bond motifs is 1. The van der Waals surface area contributed by atoms with Gasteiger partial charge in [-0.3, -0.25) is 10.1 Å². The van der Waals surface area contributed by atoms with E-state index in [1.54, 1.807) is 6.07 Å². The van der Waals surface area contributed by atoms with Crippen molar-refractivity contribution in [3.63, 3.8) is 0 Å². The zero-order valence-electron chi connectivity index (χ0n) is 9.72. The van der Waals surface area contributed by atoms with Gasteiger partial charge in [0.15, 0.2) is 5.82 Å². The Kier molecular flexibility index (Phi) is 2.60. The van der Waals surface area contributed by atoms with Gasteiger partial charge >= 0.3 is 0 Å². The summed E-state index contributed by atoms with van der Waals surface area (Å²) in [5, 5.41) is 18.8. The van der Waals surface area contributed by atoms with E-state index in [2.05, 4.69) is 15.2 Å². The lowest BCUT2D eigenvalue weighted by atomic mass is 10.2. The maximum Gasteiger partial charge on any atom is 0.271 e. The molecule has 0 radical (unpaired) electrons. The molecule has 92 valence electrons. The fourth-order valence-corrected chi connectivity index (χ4v) is 1.75. The van der Waals surface area contributed by atoms with Gasteiger partial charge in [-0.1, -0.05) is 30.3 Å². The lowest BCUT2D eigenvalue weighted by Crippen LogP contribution is -1.95. The highest BCUT2D eigenvalue weighted by Gasteiger charge is 2.09. The van der Waals surface area contributed by atoms with Crippen LogP contribution in [0.4, 0.5) is 5.69 Å². The lowest BCUT2D eigenvalue weighted by molar-refractivity contribution is -0.384. The van der Waals surface area contributed by atoms with Gasteiger partial charge in [-0.15, -0.1) is 10.2 Å². The molecule has 0 saturated carbocycles. The smallest absolute Gasteiger partial charge is 0.258 e. The molecule has 0 N–H and O–H groups in total. The van der Waals surface area contributed by atoms with Crippen LogP contribution in [0.3, 0.4) is 0 Å². The van der Waals surface area contributed by atoms with Gasteiger partial charge in [-0.05, 0) is 6.07 Å². The highest BCUT2D eigenvalue weighted by molar-refractivity contribution is 5.78. The minimum Gasteiger partial charge on any atom is -0.258 e. The van der Waals surface area contributed by atoms with Crippen LogP contribution in [0.25, 0.3) is 22.4 Å². The number of aromatic nitrogens is 3. The molecule has 2 aromatic carbocycles. The fraction of sp³-hybridized carbons (Fsp3) is 0. The molecule has 3 rings (SSSR count). The van der Waals surface area contributed by atoms with E-state index in [0.29, 0.717) is 16.9 Å². The second-order valence-electron chi connectivity index (χ2n) is 3.93. The van der Waals surface area contributed by atoms with Crippen molar-refractivity contribution in [3.05, 3.63) is 58.6 Å². The highest BCUT2D eigenvalue weighted by Crippen LogP contribution is 2.20. The van der Waals surface area contributed by atoms with Crippen molar-refractivity contribution in [3.8, 4) is 11.4 Å². The van der Waals surface area contributed by atoms with Crippen LogP contribution in [0.15, 0.2) is 48.5 Å². The molecular weight excluding hydrogens is 244 g/mol. The van der Waals surface area contributed by atoms with Gasteiger partial charge in [0, 0.05) is 17.7 Å². The summed E-state index contributed by atoms with van der Waals surface area (Å²) >= 11 is 0. The number of nitro groups is 1. The molecule has 3 aromatic rings. The topological polar surface area (TPSA) is 81.8 Å². The van der Waals surface area contributed by atoms with Gasteiger partial charge in [0.2, 0.25) is 0 Å². The predicted octanol–water partition coefficient (Wildman–Crippen LogP) is 2.60. The molecule has 0 spiro atoms. The minimum atomic E-state index is -0.455. The minimum absolute atomic E-state index is 0.00740. The van der Waals surface area contributed by atoms with Crippen LogP contribution >= 0.6 is 0 Å². The van der Waals surface area contributed by atoms with Crippen molar-refractivity contribution in [2.24, 2.45) is 0 Å². The van der Waals surface area contributed by atoms with E-state index in [1.807, 2.05) is 30.3 Å². The normalized spacial score (nSPS) is 10.5. The Bertz CT molecular complexity index is 759. The molecule has 0 aliphatic rings. The molecule has 6 heteroatoms. The van der Waals surface area contributed by atoms with E-state index in [9.17, 15) is 10.1 Å². The first kappa shape index (κ1) is 11.2. The largest absolute Gasteiger partial charge is 0.271 e. The van der Waals surface area contributed by atoms with Crippen LogP contribution in [0.2, 0.25) is 0 Å². The van der Waals surface area contributed by atoms with Gasteiger partial charge in [-0.2, -0.15) is 0 Å². The van der Waals surface area contributed by atoms with Crippen LogP contribution in [-0.4, -0.2) is 20.1 Å². The van der Waals surface area contributed by atoms with Crippen LogP contribution < -0.4 is 0 Å². The van der Waals surface area contributed by atoms with Crippen molar-refractivity contribution in [1.29, 1.82) is 0 Å².